The highest BCUT2D eigenvalue weighted by Gasteiger charge is 2.18. The van der Waals surface area contributed by atoms with Crippen molar-refractivity contribution in [2.75, 3.05) is 7.11 Å². The van der Waals surface area contributed by atoms with E-state index in [1.165, 1.54) is 6.07 Å². The topological polar surface area (TPSA) is 18.5 Å². The zero-order valence-electron chi connectivity index (χ0n) is 11.6. The van der Waals surface area contributed by atoms with E-state index in [-0.39, 0.29) is 5.75 Å². The molecule has 2 aromatic rings. The van der Waals surface area contributed by atoms with E-state index in [2.05, 4.69) is 4.74 Å². The lowest BCUT2D eigenvalue weighted by molar-refractivity contribution is -0.0504. The van der Waals surface area contributed by atoms with Gasteiger partial charge in [-0.15, -0.1) is 11.6 Å². The summed E-state index contributed by atoms with van der Waals surface area (Å²) in [4.78, 5) is 0. The van der Waals surface area contributed by atoms with E-state index >= 15 is 0 Å². The van der Waals surface area contributed by atoms with Crippen molar-refractivity contribution >= 4 is 11.6 Å². The van der Waals surface area contributed by atoms with Gasteiger partial charge >= 0.3 is 6.61 Å². The Morgan fingerprint density at radius 3 is 2.38 bits per heavy atom. The molecule has 21 heavy (non-hydrogen) atoms. The molecule has 0 N–H and O–H groups in total. The molecule has 0 spiro atoms. The van der Waals surface area contributed by atoms with Crippen molar-refractivity contribution in [1.82, 2.24) is 0 Å². The minimum absolute atomic E-state index is 0.0842. The molecule has 0 saturated carbocycles. The lowest BCUT2D eigenvalue weighted by Crippen LogP contribution is -2.06. The molecule has 0 bridgehead atoms. The molecule has 0 heterocycles. The molecule has 0 aliphatic rings. The number of methoxy groups -OCH3 is 1. The van der Waals surface area contributed by atoms with Crippen LogP contribution in [-0.4, -0.2) is 13.7 Å². The molecular weight excluding hydrogens is 298 g/mol. The van der Waals surface area contributed by atoms with Gasteiger partial charge in [0.1, 0.15) is 11.5 Å². The van der Waals surface area contributed by atoms with Crippen molar-refractivity contribution in [3.63, 3.8) is 0 Å². The molecular formula is C16H15ClF2O2. The molecule has 2 nitrogen and oxygen atoms in total. The van der Waals surface area contributed by atoms with Crippen LogP contribution in [0.25, 0.3) is 0 Å². The number of hydrogen-bond acceptors (Lipinski definition) is 2. The van der Waals surface area contributed by atoms with Gasteiger partial charge in [-0.25, -0.2) is 0 Å². The smallest absolute Gasteiger partial charge is 0.387 e. The van der Waals surface area contributed by atoms with Gasteiger partial charge in [0.15, 0.2) is 0 Å². The summed E-state index contributed by atoms with van der Waals surface area (Å²) < 4.78 is 34.6. The number of ether oxygens (including phenoxy) is 2. The van der Waals surface area contributed by atoms with Crippen molar-refractivity contribution in [2.45, 2.75) is 18.9 Å². The number of halogens is 3. The Kier molecular flexibility index (Phi) is 5.02. The molecule has 0 saturated heterocycles. The van der Waals surface area contributed by atoms with Gasteiger partial charge in [-0.3, -0.25) is 0 Å². The Balaban J connectivity index is 2.35. The average molecular weight is 313 g/mol. The normalized spacial score (nSPS) is 12.3. The Morgan fingerprint density at radius 2 is 1.76 bits per heavy atom. The van der Waals surface area contributed by atoms with Gasteiger partial charge < -0.3 is 9.47 Å². The monoisotopic (exact) mass is 312 g/mol. The van der Waals surface area contributed by atoms with Crippen LogP contribution < -0.4 is 9.47 Å². The van der Waals surface area contributed by atoms with Crippen molar-refractivity contribution in [3.8, 4) is 11.5 Å². The third-order valence-electron chi connectivity index (χ3n) is 3.12. The van der Waals surface area contributed by atoms with Gasteiger partial charge in [0.2, 0.25) is 0 Å². The fourth-order valence-corrected chi connectivity index (χ4v) is 2.45. The van der Waals surface area contributed by atoms with E-state index in [9.17, 15) is 8.78 Å². The van der Waals surface area contributed by atoms with Crippen LogP contribution in [-0.2, 0) is 0 Å². The molecule has 0 aromatic heterocycles. The Hall–Kier alpha value is -1.81. The maximum atomic E-state index is 12.4. The number of benzene rings is 2. The summed E-state index contributed by atoms with van der Waals surface area (Å²) in [5.41, 5.74) is 2.22. The van der Waals surface area contributed by atoms with Crippen LogP contribution in [0, 0.1) is 6.92 Å². The Labute approximate surface area is 127 Å². The van der Waals surface area contributed by atoms with Crippen LogP contribution in [0.2, 0.25) is 0 Å². The summed E-state index contributed by atoms with van der Waals surface area (Å²) in [6.07, 6.45) is 0. The van der Waals surface area contributed by atoms with Crippen LogP contribution >= 0.6 is 11.6 Å². The molecule has 1 unspecified atom stereocenters. The number of para-hydroxylation sites is 1. The molecule has 2 rings (SSSR count). The second-order valence-corrected chi connectivity index (χ2v) is 4.94. The third-order valence-corrected chi connectivity index (χ3v) is 3.61. The molecule has 0 aliphatic heterocycles. The molecule has 0 aliphatic carbocycles. The summed E-state index contributed by atoms with van der Waals surface area (Å²) in [6.45, 7) is -0.985. The average Bonchev–Trinajstić information content (AvgIpc) is 2.46. The van der Waals surface area contributed by atoms with Crippen molar-refractivity contribution in [3.05, 3.63) is 59.2 Å². The van der Waals surface area contributed by atoms with Crippen LogP contribution in [0.15, 0.2) is 42.5 Å². The maximum absolute atomic E-state index is 12.4. The first-order valence-electron chi connectivity index (χ1n) is 6.35. The molecule has 0 radical (unpaired) electrons. The molecule has 0 fully saturated rings. The van der Waals surface area contributed by atoms with Crippen LogP contribution in [0.4, 0.5) is 8.78 Å². The predicted molar refractivity (Wildman–Crippen MR) is 78.5 cm³/mol. The molecule has 2 aromatic carbocycles. The fraction of sp³-hybridized carbons (Fsp3) is 0.250. The highest BCUT2D eigenvalue weighted by Crippen LogP contribution is 2.36. The lowest BCUT2D eigenvalue weighted by Gasteiger charge is -2.16. The molecule has 112 valence electrons. The van der Waals surface area contributed by atoms with E-state index < -0.39 is 12.0 Å². The second kappa shape index (κ2) is 6.76. The van der Waals surface area contributed by atoms with Crippen molar-refractivity contribution in [2.24, 2.45) is 0 Å². The largest absolute Gasteiger partial charge is 0.496 e. The zero-order valence-corrected chi connectivity index (χ0v) is 12.4. The van der Waals surface area contributed by atoms with Crippen LogP contribution in [0.1, 0.15) is 22.1 Å². The Bertz CT molecular complexity index is 617. The lowest BCUT2D eigenvalue weighted by atomic mass is 10.0. The summed E-state index contributed by atoms with van der Waals surface area (Å²) in [6, 6.07) is 12.0. The number of alkyl halides is 3. The second-order valence-electron chi connectivity index (χ2n) is 4.51. The number of rotatable bonds is 5. The van der Waals surface area contributed by atoms with E-state index in [0.29, 0.717) is 5.56 Å². The first-order valence-corrected chi connectivity index (χ1v) is 6.79. The summed E-state index contributed by atoms with van der Waals surface area (Å²) >= 11 is 6.42. The SMILES string of the molecule is COc1ccc(C(Cl)c2ccccc2OC(F)F)cc1C. The number of aryl methyl sites for hydroxylation is 1. The quantitative estimate of drug-likeness (QED) is 0.729. The first-order chi connectivity index (χ1) is 10.0. The highest BCUT2D eigenvalue weighted by molar-refractivity contribution is 6.22. The summed E-state index contributed by atoms with van der Waals surface area (Å²) in [5.74, 6) is 0.834. The minimum atomic E-state index is -2.88. The summed E-state index contributed by atoms with van der Waals surface area (Å²) in [5, 5.41) is -0.579. The highest BCUT2D eigenvalue weighted by atomic mass is 35.5. The first kappa shape index (κ1) is 15.6. The van der Waals surface area contributed by atoms with E-state index in [1.807, 2.05) is 19.1 Å². The molecule has 5 heteroatoms. The van der Waals surface area contributed by atoms with E-state index in [4.69, 9.17) is 16.3 Å². The molecule has 0 amide bonds. The number of hydrogen-bond donors (Lipinski definition) is 0. The van der Waals surface area contributed by atoms with Crippen LogP contribution in [0.3, 0.4) is 0 Å². The van der Waals surface area contributed by atoms with E-state index in [1.54, 1.807) is 31.4 Å². The fourth-order valence-electron chi connectivity index (χ4n) is 2.13. The van der Waals surface area contributed by atoms with Gasteiger partial charge in [-0.05, 0) is 30.2 Å². The van der Waals surface area contributed by atoms with Gasteiger partial charge in [0, 0.05) is 5.56 Å². The maximum Gasteiger partial charge on any atom is 0.387 e. The minimum Gasteiger partial charge on any atom is -0.496 e. The van der Waals surface area contributed by atoms with E-state index in [0.717, 1.165) is 16.9 Å². The summed E-state index contributed by atoms with van der Waals surface area (Å²) in [7, 11) is 1.59. The van der Waals surface area contributed by atoms with Gasteiger partial charge in [0.05, 0.1) is 12.5 Å². The van der Waals surface area contributed by atoms with Gasteiger partial charge in [-0.1, -0.05) is 30.3 Å². The standard InChI is InChI=1S/C16H15ClF2O2/c1-10-9-11(7-8-13(10)20-2)15(17)12-5-3-4-6-14(12)21-16(18)19/h3-9,15-16H,1-2H3. The zero-order chi connectivity index (χ0) is 15.4. The van der Waals surface area contributed by atoms with Crippen molar-refractivity contribution < 1.29 is 18.3 Å². The Morgan fingerprint density at radius 1 is 1.05 bits per heavy atom. The van der Waals surface area contributed by atoms with Gasteiger partial charge in [0.25, 0.3) is 0 Å². The predicted octanol–water partition coefficient (Wildman–Crippen LogP) is 4.93. The van der Waals surface area contributed by atoms with Crippen molar-refractivity contribution in [1.29, 1.82) is 0 Å². The van der Waals surface area contributed by atoms with Crippen LogP contribution in [0.5, 0.6) is 11.5 Å². The third kappa shape index (κ3) is 3.64. The molecule has 1 atom stereocenters. The van der Waals surface area contributed by atoms with Gasteiger partial charge in [-0.2, -0.15) is 8.78 Å².